The first-order valence-electron chi connectivity index (χ1n) is 5.87. The molecule has 0 heterocycles. The summed E-state index contributed by atoms with van der Waals surface area (Å²) < 4.78 is 19.5. The summed E-state index contributed by atoms with van der Waals surface area (Å²) in [5.74, 6) is -0.430. The van der Waals surface area contributed by atoms with Crippen LogP contribution >= 0.6 is 15.9 Å². The fraction of sp³-hybridized carbons (Fsp3) is 0.462. The van der Waals surface area contributed by atoms with Crippen molar-refractivity contribution in [3.8, 4) is 0 Å². The molecule has 0 spiro atoms. The van der Waals surface area contributed by atoms with Gasteiger partial charge in [0.15, 0.2) is 0 Å². The van der Waals surface area contributed by atoms with E-state index in [2.05, 4.69) is 21.2 Å². The normalized spacial score (nSPS) is 12.9. The molecule has 1 amide bonds. The molecule has 0 aliphatic carbocycles. The number of alkyl carbamates (subject to hydrolysis) is 1. The molecular weight excluding hydrogens is 315 g/mol. The Morgan fingerprint density at radius 1 is 1.53 bits per heavy atom. The molecule has 0 aromatic heterocycles. The Kier molecular flexibility index (Phi) is 5.31. The van der Waals surface area contributed by atoms with Gasteiger partial charge in [0.25, 0.3) is 0 Å². The zero-order valence-corrected chi connectivity index (χ0v) is 12.8. The Morgan fingerprint density at radius 3 is 2.63 bits per heavy atom. The standard InChI is InChI=1S/C13H18BrFN2O2/c1-13(2,3)19-12(18)17-11(7-16)9-5-4-8(14)6-10(9)15/h4-6,11H,7,16H2,1-3H3,(H,17,18). The van der Waals surface area contributed by atoms with Crippen LogP contribution in [-0.2, 0) is 4.74 Å². The van der Waals surface area contributed by atoms with Crippen LogP contribution in [0.5, 0.6) is 0 Å². The number of benzene rings is 1. The summed E-state index contributed by atoms with van der Waals surface area (Å²) in [6, 6.07) is 3.98. The van der Waals surface area contributed by atoms with E-state index in [1.165, 1.54) is 6.07 Å². The van der Waals surface area contributed by atoms with E-state index in [0.29, 0.717) is 10.0 Å². The van der Waals surface area contributed by atoms with Gasteiger partial charge in [0.2, 0.25) is 0 Å². The first kappa shape index (κ1) is 15.9. The van der Waals surface area contributed by atoms with Crippen molar-refractivity contribution in [1.29, 1.82) is 0 Å². The molecule has 0 bridgehead atoms. The van der Waals surface area contributed by atoms with Crippen LogP contribution in [0.25, 0.3) is 0 Å². The molecule has 4 nitrogen and oxygen atoms in total. The van der Waals surface area contributed by atoms with Crippen molar-refractivity contribution in [2.75, 3.05) is 6.54 Å². The van der Waals surface area contributed by atoms with Crippen molar-refractivity contribution in [2.24, 2.45) is 5.73 Å². The van der Waals surface area contributed by atoms with Crippen molar-refractivity contribution < 1.29 is 13.9 Å². The van der Waals surface area contributed by atoms with Crippen molar-refractivity contribution >= 4 is 22.0 Å². The average molecular weight is 333 g/mol. The van der Waals surface area contributed by atoms with Crippen LogP contribution in [-0.4, -0.2) is 18.2 Å². The molecule has 1 unspecified atom stereocenters. The molecule has 0 radical (unpaired) electrons. The molecule has 106 valence electrons. The molecule has 1 aromatic carbocycles. The monoisotopic (exact) mass is 332 g/mol. The molecule has 0 saturated carbocycles. The molecule has 6 heteroatoms. The number of halogens is 2. The lowest BCUT2D eigenvalue weighted by atomic mass is 10.1. The third kappa shape index (κ3) is 5.16. The number of ether oxygens (including phenoxy) is 1. The summed E-state index contributed by atoms with van der Waals surface area (Å²) in [5, 5.41) is 2.56. The third-order valence-electron chi connectivity index (χ3n) is 2.26. The van der Waals surface area contributed by atoms with Gasteiger partial charge in [-0.05, 0) is 32.9 Å². The smallest absolute Gasteiger partial charge is 0.408 e. The number of rotatable bonds is 3. The fourth-order valence-corrected chi connectivity index (χ4v) is 1.83. The van der Waals surface area contributed by atoms with Crippen molar-refractivity contribution in [3.05, 3.63) is 34.1 Å². The third-order valence-corrected chi connectivity index (χ3v) is 2.76. The second-order valence-electron chi connectivity index (χ2n) is 5.10. The fourth-order valence-electron chi connectivity index (χ4n) is 1.50. The SMILES string of the molecule is CC(C)(C)OC(=O)NC(CN)c1ccc(Br)cc1F. The highest BCUT2D eigenvalue weighted by atomic mass is 79.9. The maximum absolute atomic E-state index is 13.8. The molecule has 0 saturated heterocycles. The van der Waals surface area contributed by atoms with Gasteiger partial charge < -0.3 is 15.8 Å². The van der Waals surface area contributed by atoms with Gasteiger partial charge in [0.05, 0.1) is 6.04 Å². The lowest BCUT2D eigenvalue weighted by molar-refractivity contribution is 0.0504. The largest absolute Gasteiger partial charge is 0.444 e. The zero-order chi connectivity index (χ0) is 14.6. The highest BCUT2D eigenvalue weighted by Crippen LogP contribution is 2.21. The maximum atomic E-state index is 13.8. The predicted molar refractivity (Wildman–Crippen MR) is 75.3 cm³/mol. The van der Waals surface area contributed by atoms with E-state index in [1.807, 2.05) is 0 Å². The van der Waals surface area contributed by atoms with Crippen molar-refractivity contribution in [2.45, 2.75) is 32.4 Å². The summed E-state index contributed by atoms with van der Waals surface area (Å²) in [5.41, 5.74) is 5.30. The lowest BCUT2D eigenvalue weighted by Crippen LogP contribution is -2.38. The van der Waals surface area contributed by atoms with Gasteiger partial charge in [0.1, 0.15) is 11.4 Å². The molecular formula is C13H18BrFN2O2. The maximum Gasteiger partial charge on any atom is 0.408 e. The van der Waals surface area contributed by atoms with E-state index in [1.54, 1.807) is 32.9 Å². The molecule has 0 aliphatic rings. The van der Waals surface area contributed by atoms with E-state index in [9.17, 15) is 9.18 Å². The minimum atomic E-state index is -0.622. The molecule has 1 rings (SSSR count). The summed E-state index contributed by atoms with van der Waals surface area (Å²) in [4.78, 5) is 11.7. The summed E-state index contributed by atoms with van der Waals surface area (Å²) in [6.45, 7) is 5.34. The minimum Gasteiger partial charge on any atom is -0.444 e. The predicted octanol–water partition coefficient (Wildman–Crippen LogP) is 3.11. The van der Waals surface area contributed by atoms with Gasteiger partial charge in [-0.3, -0.25) is 0 Å². The quantitative estimate of drug-likeness (QED) is 0.893. The van der Waals surface area contributed by atoms with Crippen molar-refractivity contribution in [1.82, 2.24) is 5.32 Å². The number of nitrogens with one attached hydrogen (secondary N) is 1. The van der Waals surface area contributed by atoms with E-state index >= 15 is 0 Å². The van der Waals surface area contributed by atoms with Crippen molar-refractivity contribution in [3.63, 3.8) is 0 Å². The first-order chi connectivity index (χ1) is 8.73. The highest BCUT2D eigenvalue weighted by Gasteiger charge is 2.21. The molecule has 1 atom stereocenters. The van der Waals surface area contributed by atoms with E-state index in [4.69, 9.17) is 10.5 Å². The van der Waals surface area contributed by atoms with E-state index in [0.717, 1.165) is 0 Å². The molecule has 0 fully saturated rings. The number of hydrogen-bond donors (Lipinski definition) is 2. The molecule has 0 aliphatic heterocycles. The highest BCUT2D eigenvalue weighted by molar-refractivity contribution is 9.10. The van der Waals surface area contributed by atoms with E-state index < -0.39 is 23.6 Å². The lowest BCUT2D eigenvalue weighted by Gasteiger charge is -2.23. The number of amides is 1. The minimum absolute atomic E-state index is 0.0811. The number of carbonyl (C=O) groups is 1. The number of hydrogen-bond acceptors (Lipinski definition) is 3. The van der Waals surface area contributed by atoms with Crippen LogP contribution in [0.3, 0.4) is 0 Å². The number of carbonyl (C=O) groups excluding carboxylic acids is 1. The second kappa shape index (κ2) is 6.34. The Hall–Kier alpha value is -1.14. The topological polar surface area (TPSA) is 64.3 Å². The summed E-state index contributed by atoms with van der Waals surface area (Å²) in [6.07, 6.45) is -0.620. The van der Waals surface area contributed by atoms with Gasteiger partial charge in [-0.25, -0.2) is 9.18 Å². The summed E-state index contributed by atoms with van der Waals surface area (Å²) >= 11 is 3.17. The van der Waals surface area contributed by atoms with Crippen LogP contribution in [0.1, 0.15) is 32.4 Å². The summed E-state index contributed by atoms with van der Waals surface area (Å²) in [7, 11) is 0. The Morgan fingerprint density at radius 2 is 2.16 bits per heavy atom. The second-order valence-corrected chi connectivity index (χ2v) is 6.02. The van der Waals surface area contributed by atoms with Gasteiger partial charge in [-0.1, -0.05) is 22.0 Å². The van der Waals surface area contributed by atoms with Crippen LogP contribution < -0.4 is 11.1 Å². The Balaban J connectivity index is 2.81. The van der Waals surface area contributed by atoms with Crippen LogP contribution in [0.4, 0.5) is 9.18 Å². The zero-order valence-electron chi connectivity index (χ0n) is 11.2. The van der Waals surface area contributed by atoms with Gasteiger partial charge >= 0.3 is 6.09 Å². The van der Waals surface area contributed by atoms with Gasteiger partial charge in [-0.15, -0.1) is 0 Å². The van der Waals surface area contributed by atoms with Gasteiger partial charge in [-0.2, -0.15) is 0 Å². The Bertz CT molecular complexity index is 460. The molecule has 1 aromatic rings. The number of nitrogens with two attached hydrogens (primary N) is 1. The molecule has 19 heavy (non-hydrogen) atoms. The van der Waals surface area contributed by atoms with Crippen LogP contribution in [0.2, 0.25) is 0 Å². The molecule has 3 N–H and O–H groups in total. The van der Waals surface area contributed by atoms with Gasteiger partial charge in [0, 0.05) is 16.6 Å². The van der Waals surface area contributed by atoms with Crippen LogP contribution in [0.15, 0.2) is 22.7 Å². The first-order valence-corrected chi connectivity index (χ1v) is 6.67. The van der Waals surface area contributed by atoms with E-state index in [-0.39, 0.29) is 6.54 Å². The average Bonchev–Trinajstić information content (AvgIpc) is 2.24. The Labute approximate surface area is 120 Å². The van der Waals surface area contributed by atoms with Crippen LogP contribution in [0, 0.1) is 5.82 Å².